The Balaban J connectivity index is 1.56. The summed E-state index contributed by atoms with van der Waals surface area (Å²) in [6.07, 6.45) is 3.75. The number of aryl methyl sites for hydroxylation is 1. The number of benzene rings is 2. The van der Waals surface area contributed by atoms with E-state index in [-0.39, 0.29) is 29.0 Å². The first-order valence-corrected chi connectivity index (χ1v) is 11.1. The molecule has 0 fully saturated rings. The molecule has 0 saturated heterocycles. The van der Waals surface area contributed by atoms with Crippen LogP contribution in [-0.2, 0) is 12.5 Å². The fourth-order valence-corrected chi connectivity index (χ4v) is 4.79. The number of methoxy groups -OCH3 is 1. The van der Waals surface area contributed by atoms with Gasteiger partial charge in [-0.25, -0.2) is 8.78 Å². The van der Waals surface area contributed by atoms with Crippen LogP contribution in [0.4, 0.5) is 8.78 Å². The van der Waals surface area contributed by atoms with E-state index in [2.05, 4.69) is 17.2 Å². The molecule has 4 aromatic rings. The highest BCUT2D eigenvalue weighted by molar-refractivity contribution is 5.94. The Labute approximate surface area is 200 Å². The van der Waals surface area contributed by atoms with Gasteiger partial charge in [0.2, 0.25) is 0 Å². The fourth-order valence-electron chi connectivity index (χ4n) is 4.79. The first-order chi connectivity index (χ1) is 16.7. The Morgan fingerprint density at radius 2 is 2.00 bits per heavy atom. The van der Waals surface area contributed by atoms with Crippen LogP contribution in [0.3, 0.4) is 0 Å². The number of amides is 1. The standard InChI is InChI=1S/C26H24F2N4O3/c1-15-20-10-18(34-4)6-8-21(20)26(2,16-12-29-31(3)13-16)14-32(15)25(33)23-11-24(35-30-23)19-7-5-17(27)9-22(19)28/h5-13,15H,14H2,1-4H3. The van der Waals surface area contributed by atoms with Crippen LogP contribution in [0.15, 0.2) is 59.4 Å². The molecule has 0 spiro atoms. The number of hydrogen-bond donors (Lipinski definition) is 0. The third kappa shape index (κ3) is 3.77. The second-order valence-corrected chi connectivity index (χ2v) is 9.00. The van der Waals surface area contributed by atoms with Gasteiger partial charge in [0.1, 0.15) is 17.4 Å². The van der Waals surface area contributed by atoms with Crippen molar-refractivity contribution in [2.75, 3.05) is 13.7 Å². The molecule has 0 radical (unpaired) electrons. The normalized spacial score (nSPS) is 19.5. The minimum absolute atomic E-state index is 0.0277. The maximum atomic E-state index is 14.2. The largest absolute Gasteiger partial charge is 0.497 e. The van der Waals surface area contributed by atoms with Gasteiger partial charge in [-0.2, -0.15) is 5.10 Å². The third-order valence-electron chi connectivity index (χ3n) is 6.79. The van der Waals surface area contributed by atoms with Gasteiger partial charge in [0, 0.05) is 42.9 Å². The van der Waals surface area contributed by atoms with Gasteiger partial charge in [-0.3, -0.25) is 9.48 Å². The maximum absolute atomic E-state index is 14.2. The molecule has 3 heterocycles. The van der Waals surface area contributed by atoms with Crippen molar-refractivity contribution in [1.29, 1.82) is 0 Å². The van der Waals surface area contributed by atoms with E-state index < -0.39 is 17.0 Å². The lowest BCUT2D eigenvalue weighted by Crippen LogP contribution is -2.49. The summed E-state index contributed by atoms with van der Waals surface area (Å²) in [5.74, 6) is -1.12. The highest BCUT2D eigenvalue weighted by Gasteiger charge is 2.43. The van der Waals surface area contributed by atoms with Crippen molar-refractivity contribution in [2.24, 2.45) is 7.05 Å². The minimum atomic E-state index is -0.795. The zero-order valence-corrected chi connectivity index (χ0v) is 19.8. The third-order valence-corrected chi connectivity index (χ3v) is 6.79. The van der Waals surface area contributed by atoms with E-state index in [1.54, 1.807) is 22.9 Å². The highest BCUT2D eigenvalue weighted by Crippen LogP contribution is 2.45. The van der Waals surface area contributed by atoms with Gasteiger partial charge in [0.15, 0.2) is 11.5 Å². The number of rotatable bonds is 4. The molecule has 35 heavy (non-hydrogen) atoms. The van der Waals surface area contributed by atoms with Crippen molar-refractivity contribution in [3.63, 3.8) is 0 Å². The molecule has 0 saturated carbocycles. The summed E-state index contributed by atoms with van der Waals surface area (Å²) in [5, 5.41) is 8.25. The van der Waals surface area contributed by atoms with Crippen LogP contribution >= 0.6 is 0 Å². The molecule has 9 heteroatoms. The predicted octanol–water partition coefficient (Wildman–Crippen LogP) is 4.88. The Hall–Kier alpha value is -4.01. The van der Waals surface area contributed by atoms with Crippen molar-refractivity contribution in [2.45, 2.75) is 25.3 Å². The number of halogens is 2. The average Bonchev–Trinajstić information content (AvgIpc) is 3.50. The van der Waals surface area contributed by atoms with Gasteiger partial charge in [0.05, 0.1) is 24.9 Å². The van der Waals surface area contributed by atoms with Crippen LogP contribution in [0.2, 0.25) is 0 Å². The number of carbonyl (C=O) groups is 1. The molecule has 1 aliphatic rings. The van der Waals surface area contributed by atoms with Crippen molar-refractivity contribution >= 4 is 5.91 Å². The van der Waals surface area contributed by atoms with E-state index in [1.807, 2.05) is 38.4 Å². The molecule has 2 aromatic carbocycles. The van der Waals surface area contributed by atoms with Crippen LogP contribution in [-0.4, -0.2) is 39.4 Å². The van der Waals surface area contributed by atoms with E-state index in [9.17, 15) is 13.6 Å². The first kappa shape index (κ1) is 22.8. The molecule has 1 amide bonds. The molecule has 7 nitrogen and oxygen atoms in total. The van der Waals surface area contributed by atoms with E-state index in [1.165, 1.54) is 12.1 Å². The zero-order chi connectivity index (χ0) is 24.9. The summed E-state index contributed by atoms with van der Waals surface area (Å²) in [5.41, 5.74) is 2.51. The highest BCUT2D eigenvalue weighted by atomic mass is 19.1. The minimum Gasteiger partial charge on any atom is -0.497 e. The van der Waals surface area contributed by atoms with Gasteiger partial charge in [0.25, 0.3) is 5.91 Å². The van der Waals surface area contributed by atoms with E-state index in [0.29, 0.717) is 12.3 Å². The molecule has 180 valence electrons. The summed E-state index contributed by atoms with van der Waals surface area (Å²) in [6, 6.07) is 10.1. The number of hydrogen-bond acceptors (Lipinski definition) is 5. The lowest BCUT2D eigenvalue weighted by atomic mass is 9.71. The quantitative estimate of drug-likeness (QED) is 0.418. The van der Waals surface area contributed by atoms with Gasteiger partial charge in [-0.15, -0.1) is 0 Å². The van der Waals surface area contributed by atoms with Crippen LogP contribution in [0.1, 0.15) is 47.1 Å². The lowest BCUT2D eigenvalue weighted by Gasteiger charge is -2.45. The van der Waals surface area contributed by atoms with Crippen molar-refractivity contribution in [3.8, 4) is 17.1 Å². The summed E-state index contributed by atoms with van der Waals surface area (Å²) >= 11 is 0. The van der Waals surface area contributed by atoms with Crippen molar-refractivity contribution in [1.82, 2.24) is 19.8 Å². The number of aromatic nitrogens is 3. The Morgan fingerprint density at radius 1 is 1.20 bits per heavy atom. The smallest absolute Gasteiger partial charge is 0.276 e. The first-order valence-electron chi connectivity index (χ1n) is 11.1. The van der Waals surface area contributed by atoms with Crippen molar-refractivity contribution < 1.29 is 22.8 Å². The SMILES string of the molecule is COc1ccc2c(c1)C(C)N(C(=O)c1cc(-c3ccc(F)cc3F)on1)CC2(C)c1cnn(C)c1. The lowest BCUT2D eigenvalue weighted by molar-refractivity contribution is 0.0616. The van der Waals surface area contributed by atoms with Crippen LogP contribution in [0, 0.1) is 11.6 Å². The van der Waals surface area contributed by atoms with Gasteiger partial charge >= 0.3 is 0 Å². The number of fused-ring (bicyclic) bond motifs is 1. The fraction of sp³-hybridized carbons (Fsp3) is 0.269. The molecule has 0 N–H and O–H groups in total. The number of ether oxygens (including phenoxy) is 1. The van der Waals surface area contributed by atoms with Gasteiger partial charge in [-0.1, -0.05) is 11.2 Å². The Morgan fingerprint density at radius 3 is 2.69 bits per heavy atom. The Bertz CT molecular complexity index is 1430. The van der Waals surface area contributed by atoms with Crippen LogP contribution in [0.25, 0.3) is 11.3 Å². The monoisotopic (exact) mass is 478 g/mol. The summed E-state index contributed by atoms with van der Waals surface area (Å²) < 4.78 is 40.0. The maximum Gasteiger partial charge on any atom is 0.276 e. The summed E-state index contributed by atoms with van der Waals surface area (Å²) in [6.45, 7) is 4.38. The Kier molecular flexibility index (Phi) is 5.42. The number of nitrogens with zero attached hydrogens (tertiary/aromatic N) is 4. The molecule has 1 aliphatic heterocycles. The van der Waals surface area contributed by atoms with E-state index in [4.69, 9.17) is 9.26 Å². The molecule has 0 aliphatic carbocycles. The van der Waals surface area contributed by atoms with E-state index >= 15 is 0 Å². The molecular weight excluding hydrogens is 454 g/mol. The average molecular weight is 478 g/mol. The molecule has 2 unspecified atom stereocenters. The predicted molar refractivity (Wildman–Crippen MR) is 124 cm³/mol. The zero-order valence-electron chi connectivity index (χ0n) is 19.8. The number of carbonyl (C=O) groups excluding carboxylic acids is 1. The molecular formula is C26H24F2N4O3. The van der Waals surface area contributed by atoms with Crippen molar-refractivity contribution in [3.05, 3.63) is 88.9 Å². The summed E-state index contributed by atoms with van der Waals surface area (Å²) in [7, 11) is 3.45. The summed E-state index contributed by atoms with van der Waals surface area (Å²) in [4.78, 5) is 15.4. The molecule has 2 atom stereocenters. The second-order valence-electron chi connectivity index (χ2n) is 9.00. The molecule has 0 bridgehead atoms. The molecule has 2 aromatic heterocycles. The molecule has 5 rings (SSSR count). The van der Waals surface area contributed by atoms with Gasteiger partial charge < -0.3 is 14.2 Å². The van der Waals surface area contributed by atoms with E-state index in [0.717, 1.165) is 28.8 Å². The topological polar surface area (TPSA) is 73.4 Å². The van der Waals surface area contributed by atoms with Crippen LogP contribution in [0.5, 0.6) is 5.75 Å². The van der Waals surface area contributed by atoms with Crippen LogP contribution < -0.4 is 4.74 Å². The second kappa shape index (κ2) is 8.33. The van der Waals surface area contributed by atoms with Gasteiger partial charge in [-0.05, 0) is 49.2 Å².